The minimum atomic E-state index is -0.355. The minimum absolute atomic E-state index is 0.127. The normalized spacial score (nSPS) is 13.7. The van der Waals surface area contributed by atoms with Crippen LogP contribution in [0.1, 0.15) is 26.7 Å². The maximum Gasteiger partial charge on any atom is 0.310 e. The molecule has 0 spiro atoms. The molecule has 18 heavy (non-hydrogen) atoms. The van der Waals surface area contributed by atoms with E-state index < -0.39 is 0 Å². The number of carbonyl (C=O) groups excluding carboxylic acids is 2. The molecule has 0 aromatic heterocycles. The van der Waals surface area contributed by atoms with Gasteiger partial charge in [0.15, 0.2) is 0 Å². The minimum Gasteiger partial charge on any atom is -0.458 e. The van der Waals surface area contributed by atoms with Gasteiger partial charge in [-0.3, -0.25) is 9.59 Å². The fourth-order valence-electron chi connectivity index (χ4n) is 0.966. The zero-order valence-electron chi connectivity index (χ0n) is 10.9. The van der Waals surface area contributed by atoms with Gasteiger partial charge in [0.25, 0.3) is 0 Å². The van der Waals surface area contributed by atoms with Crippen molar-refractivity contribution in [2.45, 2.75) is 38.9 Å². The summed E-state index contributed by atoms with van der Waals surface area (Å²) in [5.41, 5.74) is 0. The van der Waals surface area contributed by atoms with E-state index in [1.165, 1.54) is 12.2 Å². The van der Waals surface area contributed by atoms with Crippen LogP contribution in [0.15, 0.2) is 37.5 Å². The molecular formula is C14H20O4. The van der Waals surface area contributed by atoms with Crippen LogP contribution in [-0.4, -0.2) is 24.1 Å². The van der Waals surface area contributed by atoms with Crippen molar-refractivity contribution in [1.82, 2.24) is 0 Å². The van der Waals surface area contributed by atoms with Gasteiger partial charge in [-0.2, -0.15) is 0 Å². The first-order chi connectivity index (χ1) is 8.49. The Bertz CT molecular complexity index is 299. The SMILES string of the molecule is C=CC(C)OC(=O)CC=CCC(=O)OC(C)C=C. The molecule has 2 atom stereocenters. The van der Waals surface area contributed by atoms with Crippen LogP contribution in [0.4, 0.5) is 0 Å². The topological polar surface area (TPSA) is 52.6 Å². The molecular weight excluding hydrogens is 232 g/mol. The molecule has 4 heteroatoms. The van der Waals surface area contributed by atoms with Crippen molar-refractivity contribution in [3.05, 3.63) is 37.5 Å². The summed E-state index contributed by atoms with van der Waals surface area (Å²) in [4.78, 5) is 22.5. The first-order valence-electron chi connectivity index (χ1n) is 5.78. The molecule has 0 aliphatic carbocycles. The Morgan fingerprint density at radius 3 is 1.56 bits per heavy atom. The Morgan fingerprint density at radius 1 is 0.944 bits per heavy atom. The molecule has 0 aliphatic rings. The van der Waals surface area contributed by atoms with Crippen LogP contribution in [0.5, 0.6) is 0 Å². The molecule has 0 rings (SSSR count). The fraction of sp³-hybridized carbons (Fsp3) is 0.429. The van der Waals surface area contributed by atoms with Crippen molar-refractivity contribution < 1.29 is 19.1 Å². The third kappa shape index (κ3) is 8.33. The maximum atomic E-state index is 11.2. The molecule has 0 aromatic rings. The summed E-state index contributed by atoms with van der Waals surface area (Å²) < 4.78 is 9.90. The summed E-state index contributed by atoms with van der Waals surface area (Å²) in [7, 11) is 0. The van der Waals surface area contributed by atoms with Gasteiger partial charge in [-0.1, -0.05) is 37.5 Å². The fourth-order valence-corrected chi connectivity index (χ4v) is 0.966. The molecule has 0 saturated carbocycles. The van der Waals surface area contributed by atoms with Crippen LogP contribution in [-0.2, 0) is 19.1 Å². The van der Waals surface area contributed by atoms with E-state index in [9.17, 15) is 9.59 Å². The molecule has 0 aromatic carbocycles. The van der Waals surface area contributed by atoms with Crippen molar-refractivity contribution in [3.8, 4) is 0 Å². The molecule has 0 heterocycles. The molecule has 100 valence electrons. The van der Waals surface area contributed by atoms with Crippen molar-refractivity contribution in [1.29, 1.82) is 0 Å². The summed E-state index contributed by atoms with van der Waals surface area (Å²) in [6.07, 6.45) is 5.89. The monoisotopic (exact) mass is 252 g/mol. The second-order valence-electron chi connectivity index (χ2n) is 3.74. The third-order valence-electron chi connectivity index (χ3n) is 2.03. The van der Waals surface area contributed by atoms with Gasteiger partial charge >= 0.3 is 11.9 Å². The highest BCUT2D eigenvalue weighted by molar-refractivity contribution is 5.73. The van der Waals surface area contributed by atoms with Gasteiger partial charge < -0.3 is 9.47 Å². The van der Waals surface area contributed by atoms with E-state index in [1.807, 2.05) is 0 Å². The lowest BCUT2D eigenvalue weighted by Crippen LogP contribution is -2.12. The van der Waals surface area contributed by atoms with Crippen molar-refractivity contribution in [2.75, 3.05) is 0 Å². The van der Waals surface area contributed by atoms with Gasteiger partial charge in [0.2, 0.25) is 0 Å². The van der Waals surface area contributed by atoms with Crippen molar-refractivity contribution in [3.63, 3.8) is 0 Å². The Morgan fingerprint density at radius 2 is 1.28 bits per heavy atom. The van der Waals surface area contributed by atoms with Gasteiger partial charge in [0.05, 0.1) is 12.8 Å². The number of ether oxygens (including phenoxy) is 2. The summed E-state index contributed by atoms with van der Waals surface area (Å²) in [6.45, 7) is 10.5. The van der Waals surface area contributed by atoms with Crippen molar-refractivity contribution >= 4 is 11.9 Å². The number of esters is 2. The Balaban J connectivity index is 3.83. The Kier molecular flexibility index (Phi) is 8.27. The lowest BCUT2D eigenvalue weighted by atomic mass is 10.3. The molecule has 2 unspecified atom stereocenters. The van der Waals surface area contributed by atoms with Crippen LogP contribution in [0.2, 0.25) is 0 Å². The van der Waals surface area contributed by atoms with Crippen LogP contribution in [0.3, 0.4) is 0 Å². The molecule has 0 amide bonds. The van der Waals surface area contributed by atoms with Crippen LogP contribution >= 0.6 is 0 Å². The zero-order chi connectivity index (χ0) is 14.0. The van der Waals surface area contributed by atoms with E-state index in [-0.39, 0.29) is 37.0 Å². The average Bonchev–Trinajstić information content (AvgIpc) is 2.34. The standard InChI is InChI=1S/C14H20O4/c1-5-11(3)17-13(15)9-7-8-10-14(16)18-12(4)6-2/h5-8,11-12H,1-2,9-10H2,3-4H3. The maximum absolute atomic E-state index is 11.2. The molecule has 0 bridgehead atoms. The highest BCUT2D eigenvalue weighted by Crippen LogP contribution is 1.99. The highest BCUT2D eigenvalue weighted by atomic mass is 16.5. The molecule has 4 nitrogen and oxygen atoms in total. The second-order valence-corrected chi connectivity index (χ2v) is 3.74. The van der Waals surface area contributed by atoms with Gasteiger partial charge in [-0.05, 0) is 13.8 Å². The van der Waals surface area contributed by atoms with Crippen LogP contribution in [0.25, 0.3) is 0 Å². The van der Waals surface area contributed by atoms with Gasteiger partial charge in [0, 0.05) is 0 Å². The van der Waals surface area contributed by atoms with E-state index in [2.05, 4.69) is 13.2 Å². The summed E-state index contributed by atoms with van der Waals surface area (Å²) >= 11 is 0. The summed E-state index contributed by atoms with van der Waals surface area (Å²) in [5.74, 6) is -0.710. The van der Waals surface area contributed by atoms with E-state index in [4.69, 9.17) is 9.47 Å². The largest absolute Gasteiger partial charge is 0.458 e. The molecule has 0 aliphatic heterocycles. The number of hydrogen-bond acceptors (Lipinski definition) is 4. The molecule has 0 saturated heterocycles. The molecule has 0 N–H and O–H groups in total. The Hall–Kier alpha value is -1.84. The van der Waals surface area contributed by atoms with E-state index in [0.29, 0.717) is 0 Å². The first kappa shape index (κ1) is 16.2. The predicted molar refractivity (Wildman–Crippen MR) is 69.9 cm³/mol. The lowest BCUT2D eigenvalue weighted by Gasteiger charge is -2.07. The lowest BCUT2D eigenvalue weighted by molar-refractivity contribution is -0.146. The Labute approximate surface area is 108 Å². The smallest absolute Gasteiger partial charge is 0.310 e. The van der Waals surface area contributed by atoms with Gasteiger partial charge in [-0.15, -0.1) is 0 Å². The highest BCUT2D eigenvalue weighted by Gasteiger charge is 2.05. The van der Waals surface area contributed by atoms with Crippen LogP contribution < -0.4 is 0 Å². The van der Waals surface area contributed by atoms with Crippen LogP contribution in [0, 0.1) is 0 Å². The van der Waals surface area contributed by atoms with E-state index in [0.717, 1.165) is 0 Å². The second kappa shape index (κ2) is 9.22. The van der Waals surface area contributed by atoms with Gasteiger partial charge in [-0.25, -0.2) is 0 Å². The number of rotatable bonds is 8. The summed E-state index contributed by atoms with van der Waals surface area (Å²) in [6, 6.07) is 0. The number of carbonyl (C=O) groups is 2. The van der Waals surface area contributed by atoms with Crippen molar-refractivity contribution in [2.24, 2.45) is 0 Å². The van der Waals surface area contributed by atoms with E-state index >= 15 is 0 Å². The third-order valence-corrected chi connectivity index (χ3v) is 2.03. The van der Waals surface area contributed by atoms with E-state index in [1.54, 1.807) is 26.0 Å². The summed E-state index contributed by atoms with van der Waals surface area (Å²) in [5, 5.41) is 0. The first-order valence-corrected chi connectivity index (χ1v) is 5.78. The molecule has 0 fully saturated rings. The number of hydrogen-bond donors (Lipinski definition) is 0. The average molecular weight is 252 g/mol. The predicted octanol–water partition coefficient (Wildman–Crippen LogP) is 2.56. The zero-order valence-corrected chi connectivity index (χ0v) is 10.9. The quantitative estimate of drug-likeness (QED) is 0.492. The molecule has 0 radical (unpaired) electrons. The van der Waals surface area contributed by atoms with Gasteiger partial charge in [0.1, 0.15) is 12.2 Å².